The van der Waals surface area contributed by atoms with Gasteiger partial charge in [-0.05, 0) is 24.8 Å². The number of anilines is 1. The van der Waals surface area contributed by atoms with Gasteiger partial charge < -0.3 is 10.0 Å². The smallest absolute Gasteiger partial charge is 0.339 e. The zero-order valence-corrected chi connectivity index (χ0v) is 9.26. The monoisotopic (exact) mass is 221 g/mol. The van der Waals surface area contributed by atoms with Crippen LogP contribution in [-0.4, -0.2) is 34.9 Å². The fourth-order valence-corrected chi connectivity index (χ4v) is 1.92. The Morgan fingerprint density at radius 3 is 2.94 bits per heavy atom. The number of rotatable bonds is 4. The second kappa shape index (κ2) is 4.47. The molecule has 1 aliphatic rings. The zero-order valence-electron chi connectivity index (χ0n) is 9.26. The highest BCUT2D eigenvalue weighted by molar-refractivity contribution is 5.93. The average Bonchev–Trinajstić information content (AvgIpc) is 2.23. The van der Waals surface area contributed by atoms with Crippen molar-refractivity contribution in [3.8, 4) is 0 Å². The van der Waals surface area contributed by atoms with Gasteiger partial charge in [-0.3, -0.25) is 0 Å². The molecule has 0 amide bonds. The predicted molar refractivity (Wildman–Crippen MR) is 59.6 cm³/mol. The molecule has 0 radical (unpaired) electrons. The third kappa shape index (κ3) is 2.13. The summed E-state index contributed by atoms with van der Waals surface area (Å²) in [5.41, 5.74) is 0.219. The van der Waals surface area contributed by atoms with Gasteiger partial charge in [0.1, 0.15) is 5.56 Å². The van der Waals surface area contributed by atoms with Crippen molar-refractivity contribution >= 4 is 11.8 Å². The first-order valence-electron chi connectivity index (χ1n) is 5.44. The summed E-state index contributed by atoms with van der Waals surface area (Å²) >= 11 is 0. The zero-order chi connectivity index (χ0) is 11.5. The minimum atomic E-state index is -0.953. The topological polar surface area (TPSA) is 66.3 Å². The van der Waals surface area contributed by atoms with Crippen molar-refractivity contribution in [3.05, 3.63) is 17.8 Å². The van der Waals surface area contributed by atoms with Crippen LogP contribution >= 0.6 is 0 Å². The molecule has 1 saturated carbocycles. The van der Waals surface area contributed by atoms with Gasteiger partial charge in [0.05, 0.1) is 6.20 Å². The summed E-state index contributed by atoms with van der Waals surface area (Å²) in [6.07, 6.45) is 5.15. The summed E-state index contributed by atoms with van der Waals surface area (Å²) in [7, 11) is 1.87. The van der Waals surface area contributed by atoms with Crippen LogP contribution in [0.25, 0.3) is 0 Å². The maximum Gasteiger partial charge on any atom is 0.339 e. The lowest BCUT2D eigenvalue weighted by molar-refractivity contribution is 0.0697. The largest absolute Gasteiger partial charge is 0.478 e. The molecule has 0 atom stereocenters. The molecule has 0 saturated heterocycles. The molecule has 16 heavy (non-hydrogen) atoms. The minimum Gasteiger partial charge on any atom is -0.478 e. The van der Waals surface area contributed by atoms with E-state index in [-0.39, 0.29) is 5.56 Å². The van der Waals surface area contributed by atoms with E-state index in [4.69, 9.17) is 5.11 Å². The van der Waals surface area contributed by atoms with Crippen molar-refractivity contribution in [2.45, 2.75) is 19.3 Å². The fraction of sp³-hybridized carbons (Fsp3) is 0.545. The van der Waals surface area contributed by atoms with Crippen LogP contribution in [-0.2, 0) is 0 Å². The van der Waals surface area contributed by atoms with E-state index >= 15 is 0 Å². The van der Waals surface area contributed by atoms with E-state index < -0.39 is 5.97 Å². The molecule has 0 aromatic carbocycles. The van der Waals surface area contributed by atoms with Crippen molar-refractivity contribution in [2.75, 3.05) is 18.5 Å². The molecule has 1 aliphatic carbocycles. The number of carboxylic acids is 1. The second-order valence-corrected chi connectivity index (χ2v) is 4.25. The van der Waals surface area contributed by atoms with Gasteiger partial charge in [-0.15, -0.1) is 5.10 Å². The van der Waals surface area contributed by atoms with Crippen molar-refractivity contribution < 1.29 is 9.90 Å². The summed E-state index contributed by atoms with van der Waals surface area (Å²) < 4.78 is 0. The lowest BCUT2D eigenvalue weighted by Gasteiger charge is -2.30. The van der Waals surface area contributed by atoms with E-state index in [1.165, 1.54) is 31.5 Å². The maximum absolute atomic E-state index is 11.0. The molecule has 5 nitrogen and oxygen atoms in total. The molecule has 0 spiro atoms. The van der Waals surface area contributed by atoms with Crippen LogP contribution in [0.5, 0.6) is 0 Å². The lowest BCUT2D eigenvalue weighted by atomic mass is 9.85. The Balaban J connectivity index is 2.14. The van der Waals surface area contributed by atoms with Crippen LogP contribution < -0.4 is 4.90 Å². The number of carbonyl (C=O) groups is 1. The number of hydrogen-bond acceptors (Lipinski definition) is 4. The van der Waals surface area contributed by atoms with Gasteiger partial charge in [0, 0.05) is 13.6 Å². The van der Waals surface area contributed by atoms with E-state index in [9.17, 15) is 4.79 Å². The van der Waals surface area contributed by atoms with Gasteiger partial charge in [-0.1, -0.05) is 6.42 Å². The molecule has 1 aromatic rings. The Bertz CT molecular complexity index is 391. The molecule has 1 N–H and O–H groups in total. The highest BCUT2D eigenvalue weighted by Gasteiger charge is 2.22. The van der Waals surface area contributed by atoms with E-state index in [0.717, 1.165) is 6.54 Å². The van der Waals surface area contributed by atoms with Crippen LogP contribution in [0.15, 0.2) is 12.3 Å². The highest BCUT2D eigenvalue weighted by atomic mass is 16.4. The highest BCUT2D eigenvalue weighted by Crippen LogP contribution is 2.28. The number of hydrogen-bond donors (Lipinski definition) is 1. The van der Waals surface area contributed by atoms with Crippen molar-refractivity contribution in [1.82, 2.24) is 10.2 Å². The molecule has 1 fully saturated rings. The summed E-state index contributed by atoms with van der Waals surface area (Å²) in [6, 6.07) is 1.49. The molecule has 86 valence electrons. The van der Waals surface area contributed by atoms with Crippen LogP contribution in [0.3, 0.4) is 0 Å². The molecule has 1 aromatic heterocycles. The van der Waals surface area contributed by atoms with Gasteiger partial charge in [0.25, 0.3) is 0 Å². The normalized spacial score (nSPS) is 15.6. The number of carboxylic acid groups (broad SMARTS) is 1. The maximum atomic E-state index is 11.0. The Hall–Kier alpha value is -1.65. The van der Waals surface area contributed by atoms with Gasteiger partial charge in [0.2, 0.25) is 0 Å². The van der Waals surface area contributed by atoms with E-state index in [0.29, 0.717) is 11.7 Å². The van der Waals surface area contributed by atoms with Gasteiger partial charge in [-0.25, -0.2) is 4.79 Å². The molecule has 5 heteroatoms. The predicted octanol–water partition coefficient (Wildman–Crippen LogP) is 1.41. The second-order valence-electron chi connectivity index (χ2n) is 4.25. The third-order valence-corrected chi connectivity index (χ3v) is 3.05. The molecular formula is C11H15N3O2. The first-order chi connectivity index (χ1) is 7.68. The lowest BCUT2D eigenvalue weighted by Crippen LogP contribution is -2.31. The molecule has 1 heterocycles. The minimum absolute atomic E-state index is 0.219. The number of aromatic nitrogens is 2. The van der Waals surface area contributed by atoms with Crippen LogP contribution in [0.1, 0.15) is 29.6 Å². The molecule has 0 aliphatic heterocycles. The standard InChI is InChI=1S/C11H15N3O2/c1-14(7-8-3-2-4-8)10-9(11(15)16)5-6-12-13-10/h5-6,8H,2-4,7H2,1H3,(H,15,16). The third-order valence-electron chi connectivity index (χ3n) is 3.05. The molecule has 0 bridgehead atoms. The van der Waals surface area contributed by atoms with Gasteiger partial charge in [-0.2, -0.15) is 5.10 Å². The first kappa shape index (κ1) is 10.9. The summed E-state index contributed by atoms with van der Waals surface area (Å²) in [4.78, 5) is 12.9. The van der Waals surface area contributed by atoms with Crippen LogP contribution in [0.2, 0.25) is 0 Å². The fourth-order valence-electron chi connectivity index (χ4n) is 1.92. The van der Waals surface area contributed by atoms with E-state index in [1.807, 2.05) is 11.9 Å². The van der Waals surface area contributed by atoms with E-state index in [1.54, 1.807) is 0 Å². The summed E-state index contributed by atoms with van der Waals surface area (Å²) in [5.74, 6) is 0.181. The summed E-state index contributed by atoms with van der Waals surface area (Å²) in [6.45, 7) is 0.860. The van der Waals surface area contributed by atoms with Gasteiger partial charge >= 0.3 is 5.97 Å². The first-order valence-corrected chi connectivity index (χ1v) is 5.44. The Kier molecular flexibility index (Phi) is 3.03. The average molecular weight is 221 g/mol. The van der Waals surface area contributed by atoms with Crippen LogP contribution in [0.4, 0.5) is 5.82 Å². The SMILES string of the molecule is CN(CC1CCC1)c1nnccc1C(=O)O. The Morgan fingerprint density at radius 2 is 2.38 bits per heavy atom. The number of aromatic carboxylic acids is 1. The number of nitrogens with zero attached hydrogens (tertiary/aromatic N) is 3. The molecule has 2 rings (SSSR count). The Morgan fingerprint density at radius 1 is 1.62 bits per heavy atom. The Labute approximate surface area is 94.1 Å². The van der Waals surface area contributed by atoms with E-state index in [2.05, 4.69) is 10.2 Å². The van der Waals surface area contributed by atoms with Crippen molar-refractivity contribution in [2.24, 2.45) is 5.92 Å². The summed E-state index contributed by atoms with van der Waals surface area (Å²) in [5, 5.41) is 16.7. The van der Waals surface area contributed by atoms with Crippen molar-refractivity contribution in [3.63, 3.8) is 0 Å². The van der Waals surface area contributed by atoms with Crippen molar-refractivity contribution in [1.29, 1.82) is 0 Å². The quantitative estimate of drug-likeness (QED) is 0.832. The van der Waals surface area contributed by atoms with Gasteiger partial charge in [0.15, 0.2) is 5.82 Å². The molecular weight excluding hydrogens is 206 g/mol. The van der Waals surface area contributed by atoms with Crippen LogP contribution in [0, 0.1) is 5.92 Å². The molecule has 0 unspecified atom stereocenters.